The van der Waals surface area contributed by atoms with Crippen LogP contribution in [0.15, 0.2) is 24.3 Å². The minimum absolute atomic E-state index is 0.00542. The monoisotopic (exact) mass is 561 g/mol. The fraction of sp³-hybridized carbons (Fsp3) is 0.667. The average Bonchev–Trinajstić information content (AvgIpc) is 2.89. The zero-order chi connectivity index (χ0) is 29.0. The molecule has 0 unspecified atom stereocenters. The van der Waals surface area contributed by atoms with Gasteiger partial charge in [0.05, 0.1) is 12.6 Å². The van der Waals surface area contributed by atoms with Crippen molar-refractivity contribution in [2.24, 2.45) is 11.8 Å². The van der Waals surface area contributed by atoms with Gasteiger partial charge < -0.3 is 20.1 Å². The van der Waals surface area contributed by atoms with Crippen LogP contribution in [0.25, 0.3) is 0 Å². The molecule has 0 bridgehead atoms. The van der Waals surface area contributed by atoms with E-state index in [2.05, 4.69) is 10.2 Å². The number of carboxylic acids is 1. The van der Waals surface area contributed by atoms with Crippen molar-refractivity contribution in [1.82, 2.24) is 15.1 Å². The third-order valence-corrected chi connectivity index (χ3v) is 7.10. The van der Waals surface area contributed by atoms with Gasteiger partial charge in [0.15, 0.2) is 5.78 Å². The van der Waals surface area contributed by atoms with E-state index in [1.807, 2.05) is 14.0 Å². The van der Waals surface area contributed by atoms with Crippen LogP contribution in [0.2, 0.25) is 0 Å². The van der Waals surface area contributed by atoms with Crippen molar-refractivity contribution in [1.29, 1.82) is 0 Å². The molecule has 220 valence electrons. The van der Waals surface area contributed by atoms with Crippen molar-refractivity contribution < 1.29 is 41.8 Å². The smallest absolute Gasteiger partial charge is 0.475 e. The molecule has 12 heteroatoms. The Kier molecular flexibility index (Phi) is 13.1. The maximum absolute atomic E-state index is 13.0. The predicted molar refractivity (Wildman–Crippen MR) is 137 cm³/mol. The van der Waals surface area contributed by atoms with Crippen molar-refractivity contribution in [3.8, 4) is 0 Å². The molecule has 0 spiro atoms. The number of Topliss-reactive ketones (excluding diaryl/α,β-unsaturated/α-hetero) is 1. The number of carbonyl (C=O) groups is 3. The molecule has 1 aliphatic carbocycles. The van der Waals surface area contributed by atoms with E-state index in [0.29, 0.717) is 30.0 Å². The maximum atomic E-state index is 13.0. The summed E-state index contributed by atoms with van der Waals surface area (Å²) >= 11 is 0. The highest BCUT2D eigenvalue weighted by Gasteiger charge is 2.38. The first kappa shape index (κ1) is 32.5. The molecule has 1 aromatic rings. The normalized spacial score (nSPS) is 20.5. The molecule has 3 rings (SSSR count). The van der Waals surface area contributed by atoms with Crippen molar-refractivity contribution in [2.45, 2.75) is 57.7 Å². The maximum Gasteiger partial charge on any atom is 0.490 e. The highest BCUT2D eigenvalue weighted by atomic mass is 19.4. The molecular weight excluding hydrogens is 522 g/mol. The number of ketones is 1. The van der Waals surface area contributed by atoms with Crippen LogP contribution in [0.1, 0.15) is 55.8 Å². The molecule has 0 atom stereocenters. The van der Waals surface area contributed by atoms with E-state index in [1.54, 1.807) is 17.0 Å². The number of halogens is 4. The third kappa shape index (κ3) is 11.9. The fourth-order valence-electron chi connectivity index (χ4n) is 4.83. The highest BCUT2D eigenvalue weighted by Crippen LogP contribution is 2.26. The lowest BCUT2D eigenvalue weighted by atomic mass is 9.87. The number of hydrogen-bond acceptors (Lipinski definition) is 5. The average molecular weight is 562 g/mol. The Morgan fingerprint density at radius 2 is 1.59 bits per heavy atom. The lowest BCUT2D eigenvalue weighted by Crippen LogP contribution is -2.45. The summed E-state index contributed by atoms with van der Waals surface area (Å²) in [6.45, 7) is 6.35. The number of benzene rings is 1. The first-order chi connectivity index (χ1) is 18.4. The van der Waals surface area contributed by atoms with E-state index < -0.39 is 12.1 Å². The molecule has 1 aliphatic heterocycles. The molecule has 39 heavy (non-hydrogen) atoms. The van der Waals surface area contributed by atoms with Crippen LogP contribution in [-0.2, 0) is 9.53 Å². The van der Waals surface area contributed by atoms with E-state index in [0.717, 1.165) is 71.3 Å². The van der Waals surface area contributed by atoms with Crippen molar-refractivity contribution in [3.05, 3.63) is 35.6 Å². The largest absolute Gasteiger partial charge is 0.490 e. The Hall–Kier alpha value is -2.73. The molecule has 1 aromatic carbocycles. The molecule has 2 fully saturated rings. The Bertz CT molecular complexity index is 913. The molecule has 0 aromatic heterocycles. The summed E-state index contributed by atoms with van der Waals surface area (Å²) < 4.78 is 50.5. The number of amides is 2. The number of hydrogen-bond donors (Lipinski definition) is 2. The minimum atomic E-state index is -5.08. The predicted octanol–water partition coefficient (Wildman–Crippen LogP) is 4.59. The zero-order valence-corrected chi connectivity index (χ0v) is 22.5. The Labute approximate surface area is 226 Å². The van der Waals surface area contributed by atoms with Gasteiger partial charge in [-0.3, -0.25) is 9.69 Å². The van der Waals surface area contributed by atoms with Gasteiger partial charge in [-0.2, -0.15) is 13.2 Å². The standard InChI is InChI=1S/C25H38FN3O3.C2HF3O2/c1-3-32-23-10-4-19(5-11-23)16-27-25(31)28(2)17-20-12-14-29(15-13-20)18-24(30)21-6-8-22(26)9-7-21;3-2(4,5)1(6)7/h6-9,19-20,23H,3-5,10-18H2,1-2H3,(H,27,31);(H,6,7). The van der Waals surface area contributed by atoms with Gasteiger partial charge in [0.1, 0.15) is 5.82 Å². The molecule has 1 saturated heterocycles. The van der Waals surface area contributed by atoms with Crippen LogP contribution in [0.5, 0.6) is 0 Å². The van der Waals surface area contributed by atoms with Gasteiger partial charge in [0.25, 0.3) is 0 Å². The molecule has 2 aliphatic rings. The van der Waals surface area contributed by atoms with E-state index in [1.165, 1.54) is 12.1 Å². The topological polar surface area (TPSA) is 99.2 Å². The number of carboxylic acid groups (broad SMARTS) is 1. The molecule has 0 radical (unpaired) electrons. The van der Waals surface area contributed by atoms with Crippen molar-refractivity contribution >= 4 is 17.8 Å². The summed E-state index contributed by atoms with van der Waals surface area (Å²) in [5, 5.41) is 10.2. The van der Waals surface area contributed by atoms with Crippen molar-refractivity contribution in [2.75, 3.05) is 46.4 Å². The van der Waals surface area contributed by atoms with Gasteiger partial charge in [0.2, 0.25) is 0 Å². The summed E-state index contributed by atoms with van der Waals surface area (Å²) in [6, 6.07) is 5.75. The van der Waals surface area contributed by atoms with E-state index in [9.17, 15) is 27.2 Å². The van der Waals surface area contributed by atoms with Gasteiger partial charge in [-0.05, 0) is 94.6 Å². The summed E-state index contributed by atoms with van der Waals surface area (Å²) in [7, 11) is 1.87. The number of carbonyl (C=O) groups excluding carboxylic acids is 2. The second-order valence-electron chi connectivity index (χ2n) is 10.1. The number of ether oxygens (including phenoxy) is 1. The summed E-state index contributed by atoms with van der Waals surface area (Å²) in [4.78, 5) is 37.8. The van der Waals surface area contributed by atoms with Gasteiger partial charge in [0, 0.05) is 32.3 Å². The molecule has 8 nitrogen and oxygen atoms in total. The Morgan fingerprint density at radius 1 is 1.03 bits per heavy atom. The summed E-state index contributed by atoms with van der Waals surface area (Å²) in [6.07, 6.45) is 1.66. The lowest BCUT2D eigenvalue weighted by Gasteiger charge is -2.34. The van der Waals surface area contributed by atoms with Crippen LogP contribution < -0.4 is 5.32 Å². The number of nitrogens with one attached hydrogen (secondary N) is 1. The zero-order valence-electron chi connectivity index (χ0n) is 22.5. The van der Waals surface area contributed by atoms with E-state index in [4.69, 9.17) is 14.6 Å². The first-order valence-electron chi connectivity index (χ1n) is 13.3. The van der Waals surface area contributed by atoms with Crippen molar-refractivity contribution in [3.63, 3.8) is 0 Å². The van der Waals surface area contributed by atoms with Crippen LogP contribution in [0.4, 0.5) is 22.4 Å². The minimum Gasteiger partial charge on any atom is -0.475 e. The molecular formula is C27H39F4N3O5. The number of nitrogens with zero attached hydrogens (tertiary/aromatic N) is 2. The van der Waals surface area contributed by atoms with Gasteiger partial charge in [-0.15, -0.1) is 0 Å². The fourth-order valence-corrected chi connectivity index (χ4v) is 4.83. The Morgan fingerprint density at radius 3 is 2.10 bits per heavy atom. The molecule has 2 amide bonds. The Balaban J connectivity index is 0.000000673. The first-order valence-corrected chi connectivity index (χ1v) is 13.3. The lowest BCUT2D eigenvalue weighted by molar-refractivity contribution is -0.192. The van der Waals surface area contributed by atoms with Crippen LogP contribution >= 0.6 is 0 Å². The quantitative estimate of drug-likeness (QED) is 0.338. The SMILES string of the molecule is CCOC1CCC(CNC(=O)N(C)CC2CCN(CC(=O)c3ccc(F)cc3)CC2)CC1.O=C(O)C(F)(F)F. The highest BCUT2D eigenvalue weighted by molar-refractivity contribution is 5.97. The number of rotatable bonds is 9. The third-order valence-electron chi connectivity index (χ3n) is 7.10. The van der Waals surface area contributed by atoms with Gasteiger partial charge in [-0.1, -0.05) is 0 Å². The van der Waals surface area contributed by atoms with Gasteiger partial charge in [-0.25, -0.2) is 14.0 Å². The summed E-state index contributed by atoms with van der Waals surface area (Å²) in [5.74, 6) is -2.07. The number of piperidine rings is 1. The second kappa shape index (κ2) is 15.8. The number of likely N-dealkylation sites (tertiary alicyclic amines) is 1. The van der Waals surface area contributed by atoms with E-state index >= 15 is 0 Å². The van der Waals surface area contributed by atoms with Crippen LogP contribution in [-0.4, -0.2) is 91.3 Å². The molecule has 1 saturated carbocycles. The number of urea groups is 1. The number of aliphatic carboxylic acids is 1. The van der Waals surface area contributed by atoms with Crippen LogP contribution in [0, 0.1) is 17.7 Å². The molecule has 2 N–H and O–H groups in total. The second-order valence-corrected chi connectivity index (χ2v) is 10.1. The summed E-state index contributed by atoms with van der Waals surface area (Å²) in [5.41, 5.74) is 0.552. The molecule has 1 heterocycles. The van der Waals surface area contributed by atoms with E-state index in [-0.39, 0.29) is 17.6 Å². The number of alkyl halides is 3. The van der Waals surface area contributed by atoms with Gasteiger partial charge >= 0.3 is 18.2 Å². The van der Waals surface area contributed by atoms with Crippen LogP contribution in [0.3, 0.4) is 0 Å².